The molecule has 1 aromatic heterocycles. The van der Waals surface area contributed by atoms with E-state index in [1.165, 1.54) is 0 Å². The Hall–Kier alpha value is -1.97. The summed E-state index contributed by atoms with van der Waals surface area (Å²) in [4.78, 5) is 10.0. The molecule has 2 aromatic rings. The van der Waals surface area contributed by atoms with Crippen molar-refractivity contribution in [3.8, 4) is 11.7 Å². The van der Waals surface area contributed by atoms with Crippen LogP contribution < -0.4 is 4.74 Å². The molecule has 0 radical (unpaired) electrons. The van der Waals surface area contributed by atoms with Crippen molar-refractivity contribution in [2.45, 2.75) is 0 Å². The SMILES string of the molecule is O=COc1oc2ccccc2c1O. The zero-order valence-electron chi connectivity index (χ0n) is 6.56. The van der Waals surface area contributed by atoms with Crippen LogP contribution in [0.5, 0.6) is 11.7 Å². The Morgan fingerprint density at radius 3 is 2.85 bits per heavy atom. The Kier molecular flexibility index (Phi) is 1.66. The highest BCUT2D eigenvalue weighted by atomic mass is 16.6. The second-order valence-electron chi connectivity index (χ2n) is 2.45. The lowest BCUT2D eigenvalue weighted by atomic mass is 10.2. The van der Waals surface area contributed by atoms with Crippen molar-refractivity contribution >= 4 is 17.4 Å². The molecule has 66 valence electrons. The number of aromatic hydroxyl groups is 1. The van der Waals surface area contributed by atoms with E-state index in [4.69, 9.17) is 4.42 Å². The molecule has 1 N–H and O–H groups in total. The fraction of sp³-hybridized carbons (Fsp3) is 0. The highest BCUT2D eigenvalue weighted by Gasteiger charge is 2.13. The molecule has 0 fully saturated rings. The topological polar surface area (TPSA) is 59.7 Å². The van der Waals surface area contributed by atoms with Gasteiger partial charge in [0.2, 0.25) is 5.75 Å². The smallest absolute Gasteiger partial charge is 0.337 e. The molecule has 0 bridgehead atoms. The van der Waals surface area contributed by atoms with Gasteiger partial charge in [0.15, 0.2) is 0 Å². The molecular weight excluding hydrogens is 172 g/mol. The normalized spacial score (nSPS) is 10.2. The standard InChI is InChI=1S/C9H6O4/c10-5-12-9-8(11)6-3-1-2-4-7(6)13-9/h1-5,11H. The average Bonchev–Trinajstić information content (AvgIpc) is 2.46. The first-order chi connectivity index (χ1) is 6.33. The van der Waals surface area contributed by atoms with Gasteiger partial charge in [-0.1, -0.05) is 12.1 Å². The van der Waals surface area contributed by atoms with Gasteiger partial charge in [-0.05, 0) is 12.1 Å². The Balaban J connectivity index is 2.66. The minimum absolute atomic E-state index is 0.150. The lowest BCUT2D eigenvalue weighted by Crippen LogP contribution is -1.85. The summed E-state index contributed by atoms with van der Waals surface area (Å²) in [7, 11) is 0. The number of rotatable bonds is 2. The van der Waals surface area contributed by atoms with E-state index in [1.807, 2.05) is 0 Å². The van der Waals surface area contributed by atoms with Gasteiger partial charge in [-0.2, -0.15) is 0 Å². The number of hydrogen-bond donors (Lipinski definition) is 1. The first-order valence-corrected chi connectivity index (χ1v) is 3.63. The molecule has 0 aliphatic carbocycles. The molecule has 0 amide bonds. The Morgan fingerprint density at radius 2 is 2.15 bits per heavy atom. The van der Waals surface area contributed by atoms with Crippen LogP contribution >= 0.6 is 0 Å². The molecule has 1 aromatic carbocycles. The monoisotopic (exact) mass is 178 g/mol. The highest BCUT2D eigenvalue weighted by Crippen LogP contribution is 2.37. The summed E-state index contributed by atoms with van der Waals surface area (Å²) in [5.74, 6) is -0.320. The largest absolute Gasteiger partial charge is 0.501 e. The third-order valence-electron chi connectivity index (χ3n) is 1.69. The van der Waals surface area contributed by atoms with Gasteiger partial charge in [0.25, 0.3) is 0 Å². The van der Waals surface area contributed by atoms with Crippen LogP contribution in [0.2, 0.25) is 0 Å². The van der Waals surface area contributed by atoms with Crippen molar-refractivity contribution in [3.05, 3.63) is 24.3 Å². The predicted molar refractivity (Wildman–Crippen MR) is 44.6 cm³/mol. The molecule has 0 atom stereocenters. The Morgan fingerprint density at radius 1 is 1.38 bits per heavy atom. The zero-order chi connectivity index (χ0) is 9.26. The van der Waals surface area contributed by atoms with Crippen LogP contribution in [0.3, 0.4) is 0 Å². The number of benzene rings is 1. The quantitative estimate of drug-likeness (QED) is 0.710. The highest BCUT2D eigenvalue weighted by molar-refractivity contribution is 5.86. The fourth-order valence-electron chi connectivity index (χ4n) is 1.13. The van der Waals surface area contributed by atoms with E-state index in [1.54, 1.807) is 24.3 Å². The number of carbonyl (C=O) groups excluding carboxylic acids is 1. The van der Waals surface area contributed by atoms with Crippen LogP contribution in [-0.4, -0.2) is 11.6 Å². The van der Waals surface area contributed by atoms with Gasteiger partial charge < -0.3 is 14.3 Å². The van der Waals surface area contributed by atoms with E-state index in [2.05, 4.69) is 4.74 Å². The van der Waals surface area contributed by atoms with Crippen LogP contribution in [0.15, 0.2) is 28.7 Å². The molecule has 0 saturated heterocycles. The average molecular weight is 178 g/mol. The molecule has 0 unspecified atom stereocenters. The van der Waals surface area contributed by atoms with Crippen LogP contribution in [0.4, 0.5) is 0 Å². The Bertz CT molecular complexity index is 444. The predicted octanol–water partition coefficient (Wildman–Crippen LogP) is 1.67. The van der Waals surface area contributed by atoms with Gasteiger partial charge in [-0.3, -0.25) is 4.79 Å². The molecule has 0 spiro atoms. The van der Waals surface area contributed by atoms with Crippen LogP contribution in [0.25, 0.3) is 11.0 Å². The lowest BCUT2D eigenvalue weighted by molar-refractivity contribution is -0.121. The second kappa shape index (κ2) is 2.82. The maximum absolute atomic E-state index is 10.0. The number of fused-ring (bicyclic) bond motifs is 1. The van der Waals surface area contributed by atoms with Crippen LogP contribution in [-0.2, 0) is 4.79 Å². The molecule has 0 saturated carbocycles. The molecule has 4 nitrogen and oxygen atoms in total. The van der Waals surface area contributed by atoms with Crippen molar-refractivity contribution in [2.24, 2.45) is 0 Å². The van der Waals surface area contributed by atoms with Crippen LogP contribution in [0.1, 0.15) is 0 Å². The van der Waals surface area contributed by atoms with Crippen molar-refractivity contribution < 1.29 is 19.1 Å². The van der Waals surface area contributed by atoms with Gasteiger partial charge in [-0.25, -0.2) is 0 Å². The minimum atomic E-state index is -0.170. The molecular formula is C9H6O4. The van der Waals surface area contributed by atoms with Crippen molar-refractivity contribution in [3.63, 3.8) is 0 Å². The van der Waals surface area contributed by atoms with Crippen LogP contribution in [0, 0.1) is 0 Å². The first-order valence-electron chi connectivity index (χ1n) is 3.63. The summed E-state index contributed by atoms with van der Waals surface area (Å²) in [6.07, 6.45) is 0. The van der Waals surface area contributed by atoms with Gasteiger partial charge >= 0.3 is 12.4 Å². The third kappa shape index (κ3) is 1.12. The second-order valence-corrected chi connectivity index (χ2v) is 2.45. The molecule has 13 heavy (non-hydrogen) atoms. The minimum Gasteiger partial charge on any atom is -0.501 e. The molecule has 0 aliphatic rings. The lowest BCUT2D eigenvalue weighted by Gasteiger charge is -1.89. The van der Waals surface area contributed by atoms with Gasteiger partial charge in [-0.15, -0.1) is 0 Å². The number of hydrogen-bond acceptors (Lipinski definition) is 4. The fourth-order valence-corrected chi connectivity index (χ4v) is 1.13. The van der Waals surface area contributed by atoms with Crippen molar-refractivity contribution in [1.29, 1.82) is 0 Å². The maximum Gasteiger partial charge on any atom is 0.337 e. The number of carbonyl (C=O) groups is 1. The summed E-state index contributed by atoms with van der Waals surface area (Å²) >= 11 is 0. The molecule has 4 heteroatoms. The summed E-state index contributed by atoms with van der Waals surface area (Å²) in [6.45, 7) is 0.206. The molecule has 0 aliphatic heterocycles. The van der Waals surface area contributed by atoms with Crippen molar-refractivity contribution in [1.82, 2.24) is 0 Å². The first kappa shape index (κ1) is 7.67. The van der Waals surface area contributed by atoms with Gasteiger partial charge in [0, 0.05) is 0 Å². The molecule has 1 heterocycles. The van der Waals surface area contributed by atoms with E-state index in [0.717, 1.165) is 0 Å². The van der Waals surface area contributed by atoms with E-state index < -0.39 is 0 Å². The summed E-state index contributed by atoms with van der Waals surface area (Å²) in [6, 6.07) is 6.86. The van der Waals surface area contributed by atoms with Gasteiger partial charge in [0.1, 0.15) is 5.58 Å². The van der Waals surface area contributed by atoms with E-state index in [-0.39, 0.29) is 18.2 Å². The van der Waals surface area contributed by atoms with E-state index >= 15 is 0 Å². The number of ether oxygens (including phenoxy) is 1. The zero-order valence-corrected chi connectivity index (χ0v) is 6.56. The Labute approximate surface area is 73.3 Å². The number of furan rings is 1. The van der Waals surface area contributed by atoms with E-state index in [9.17, 15) is 9.90 Å². The molecule has 2 rings (SSSR count). The summed E-state index contributed by atoms with van der Waals surface area (Å²) < 4.78 is 9.46. The van der Waals surface area contributed by atoms with Gasteiger partial charge in [0.05, 0.1) is 5.39 Å². The third-order valence-corrected chi connectivity index (χ3v) is 1.69. The summed E-state index contributed by atoms with van der Waals surface area (Å²) in [5, 5.41) is 9.97. The van der Waals surface area contributed by atoms with Crippen molar-refractivity contribution in [2.75, 3.05) is 0 Å². The van der Waals surface area contributed by atoms with E-state index in [0.29, 0.717) is 11.0 Å². The maximum atomic E-state index is 10.0. The summed E-state index contributed by atoms with van der Waals surface area (Å²) in [5.41, 5.74) is 0.483. The number of para-hydroxylation sites is 1.